The fourth-order valence-electron chi connectivity index (χ4n) is 4.42. The quantitative estimate of drug-likeness (QED) is 0.156. The van der Waals surface area contributed by atoms with Crippen molar-refractivity contribution in [2.75, 3.05) is 18.1 Å². The van der Waals surface area contributed by atoms with Gasteiger partial charge in [-0.25, -0.2) is 9.48 Å². The van der Waals surface area contributed by atoms with Crippen LogP contribution in [0.3, 0.4) is 0 Å². The van der Waals surface area contributed by atoms with Gasteiger partial charge in [0.15, 0.2) is 12.4 Å². The molecule has 2 aliphatic heterocycles. The highest BCUT2D eigenvalue weighted by molar-refractivity contribution is 8.01. The number of benzene rings is 1. The van der Waals surface area contributed by atoms with Crippen LogP contribution < -0.4 is 15.4 Å². The van der Waals surface area contributed by atoms with Crippen molar-refractivity contribution in [2.24, 2.45) is 7.05 Å². The first-order chi connectivity index (χ1) is 20.6. The molecule has 4 heterocycles. The molecule has 0 radical (unpaired) electrons. The summed E-state index contributed by atoms with van der Waals surface area (Å²) in [4.78, 5) is 52.9. The van der Waals surface area contributed by atoms with E-state index in [-0.39, 0.29) is 17.2 Å². The van der Waals surface area contributed by atoms with E-state index in [1.165, 1.54) is 39.4 Å². The largest absolute Gasteiger partial charge is 0.479 e. The number of fused-ring (bicyclic) bond motifs is 1. The molecule has 14 nitrogen and oxygen atoms in total. The van der Waals surface area contributed by atoms with E-state index in [9.17, 15) is 24.3 Å². The molecule has 0 spiro atoms. The van der Waals surface area contributed by atoms with E-state index in [0.717, 1.165) is 0 Å². The lowest BCUT2D eigenvalue weighted by atomic mass is 10.0. The van der Waals surface area contributed by atoms with Crippen molar-refractivity contribution in [3.63, 3.8) is 0 Å². The highest BCUT2D eigenvalue weighted by Crippen LogP contribution is 2.41. The molecule has 1 aromatic carbocycles. The highest BCUT2D eigenvalue weighted by atomic mass is 32.2. The van der Waals surface area contributed by atoms with Crippen molar-refractivity contribution in [3.05, 3.63) is 69.8 Å². The molecule has 5 rings (SSSR count). The standard InChI is InChI=1S/C26H25N7O7S3/c1-13-8-17(41)16(9-39-13)40-10-18(34)27-19(14-6-4-3-5-7-14)22(35)28-20-23(36)33-21(25(37)38)15(11-42-24(20)33)12-43-26-29-30-31-32(26)2/h3-9,19-20,24H,10-12H2,1-2H3,(H,27,34)(H,28,35)(H,37,38)/t19-,20?,24-/m1/s1. The number of β-lactam (4-membered cyclic amide) rings is 1. The van der Waals surface area contributed by atoms with Gasteiger partial charge in [-0.05, 0) is 34.6 Å². The van der Waals surface area contributed by atoms with Gasteiger partial charge in [0, 0.05) is 18.6 Å². The Hall–Kier alpha value is -4.22. The van der Waals surface area contributed by atoms with Crippen LogP contribution in [0.4, 0.5) is 0 Å². The van der Waals surface area contributed by atoms with Crippen LogP contribution in [0.25, 0.3) is 0 Å². The minimum Gasteiger partial charge on any atom is -0.479 e. The predicted octanol–water partition coefficient (Wildman–Crippen LogP) is 1.61. The third-order valence-corrected chi connectivity index (χ3v) is 9.25. The van der Waals surface area contributed by atoms with Gasteiger partial charge in [-0.1, -0.05) is 54.3 Å². The number of nitrogens with zero attached hydrogens (tertiary/aromatic N) is 5. The van der Waals surface area contributed by atoms with Gasteiger partial charge in [-0.15, -0.1) is 16.9 Å². The van der Waals surface area contributed by atoms with Crippen LogP contribution in [0.5, 0.6) is 5.75 Å². The lowest BCUT2D eigenvalue weighted by molar-refractivity contribution is -0.151. The number of carbonyl (C=O) groups excluding carboxylic acids is 3. The molecule has 0 aliphatic carbocycles. The van der Waals surface area contributed by atoms with Crippen molar-refractivity contribution in [1.82, 2.24) is 35.7 Å². The Morgan fingerprint density at radius 1 is 1.30 bits per heavy atom. The molecule has 1 saturated heterocycles. The van der Waals surface area contributed by atoms with E-state index in [0.29, 0.717) is 32.3 Å². The number of rotatable bonds is 11. The number of nitrogens with one attached hydrogen (secondary N) is 2. The van der Waals surface area contributed by atoms with Crippen molar-refractivity contribution in [3.8, 4) is 5.75 Å². The monoisotopic (exact) mass is 643 g/mol. The normalized spacial score (nSPS) is 18.4. The zero-order valence-electron chi connectivity index (χ0n) is 22.8. The van der Waals surface area contributed by atoms with Crippen molar-refractivity contribution in [1.29, 1.82) is 0 Å². The predicted molar refractivity (Wildman–Crippen MR) is 156 cm³/mol. The molecular formula is C26H25N7O7S3. The molecule has 224 valence electrons. The molecule has 3 N–H and O–H groups in total. The first kappa shape index (κ1) is 30.2. The summed E-state index contributed by atoms with van der Waals surface area (Å²) in [5.74, 6) is -1.66. The van der Waals surface area contributed by atoms with Gasteiger partial charge in [0.05, 0.1) is 4.51 Å². The summed E-state index contributed by atoms with van der Waals surface area (Å²) in [6, 6.07) is 7.97. The maximum absolute atomic E-state index is 13.5. The maximum Gasteiger partial charge on any atom is 0.352 e. The van der Waals surface area contributed by atoms with Crippen LogP contribution >= 0.6 is 35.7 Å². The summed E-state index contributed by atoms with van der Waals surface area (Å²) in [6.45, 7) is 1.29. The molecule has 3 aromatic rings. The van der Waals surface area contributed by atoms with Crippen LogP contribution in [0.1, 0.15) is 17.4 Å². The average molecular weight is 644 g/mol. The van der Waals surface area contributed by atoms with E-state index in [2.05, 4.69) is 26.2 Å². The van der Waals surface area contributed by atoms with Crippen molar-refractivity contribution < 1.29 is 33.4 Å². The fourth-order valence-corrected chi connectivity index (χ4v) is 7.03. The Morgan fingerprint density at radius 2 is 2.07 bits per heavy atom. The number of carbonyl (C=O) groups is 4. The SMILES string of the molecule is Cc1cc(=S)c(OCC(=O)N[C@@H](C(=O)NC2C(=O)N3C(C(=O)O)=C(CSc4nnnn4C)CS[C@H]23)c2ccccc2)co1. The van der Waals surface area contributed by atoms with Crippen molar-refractivity contribution in [2.45, 2.75) is 29.5 Å². The number of thioether (sulfide) groups is 2. The third-order valence-electron chi connectivity index (χ3n) is 6.49. The van der Waals surface area contributed by atoms with Gasteiger partial charge in [0.1, 0.15) is 35.2 Å². The second kappa shape index (κ2) is 13.0. The average Bonchev–Trinajstić information content (AvgIpc) is 3.41. The number of tetrazole rings is 1. The molecule has 2 aromatic heterocycles. The van der Waals surface area contributed by atoms with Crippen LogP contribution in [0, 0.1) is 11.4 Å². The van der Waals surface area contributed by atoms with Gasteiger partial charge >= 0.3 is 5.97 Å². The van der Waals surface area contributed by atoms with Gasteiger partial charge in [-0.2, -0.15) is 0 Å². The number of aliphatic carboxylic acids is 1. The minimum absolute atomic E-state index is 0.115. The molecule has 3 amide bonds. The molecule has 17 heteroatoms. The Bertz CT molecular complexity index is 1660. The van der Waals surface area contributed by atoms with E-state index in [1.54, 1.807) is 50.4 Å². The van der Waals surface area contributed by atoms with E-state index < -0.39 is 47.8 Å². The number of carboxylic acid groups (broad SMARTS) is 1. The summed E-state index contributed by atoms with van der Waals surface area (Å²) in [6.07, 6.45) is 1.30. The van der Waals surface area contributed by atoms with Crippen LogP contribution in [0.15, 0.2) is 63.5 Å². The first-order valence-corrected chi connectivity index (χ1v) is 15.2. The summed E-state index contributed by atoms with van der Waals surface area (Å²) in [5.41, 5.74) is 0.903. The Kier molecular flexibility index (Phi) is 9.12. The number of hydrogen-bond donors (Lipinski definition) is 3. The lowest BCUT2D eigenvalue weighted by Gasteiger charge is -2.49. The molecule has 0 bridgehead atoms. The first-order valence-electron chi connectivity index (χ1n) is 12.8. The maximum atomic E-state index is 13.5. The fraction of sp³-hybridized carbons (Fsp3) is 0.308. The second-order valence-electron chi connectivity index (χ2n) is 9.45. The number of aromatic nitrogens is 4. The number of aryl methyl sites for hydroxylation is 2. The topological polar surface area (TPSA) is 182 Å². The summed E-state index contributed by atoms with van der Waals surface area (Å²) in [5, 5.41) is 26.4. The van der Waals surface area contributed by atoms with Crippen molar-refractivity contribution >= 4 is 59.4 Å². The van der Waals surface area contributed by atoms with Gasteiger partial charge < -0.3 is 24.9 Å². The van der Waals surface area contributed by atoms with Gasteiger partial charge in [0.25, 0.3) is 11.8 Å². The lowest BCUT2D eigenvalue weighted by Crippen LogP contribution is -2.71. The molecule has 1 unspecified atom stereocenters. The zero-order valence-corrected chi connectivity index (χ0v) is 25.2. The highest BCUT2D eigenvalue weighted by Gasteiger charge is 2.54. The second-order valence-corrected chi connectivity index (χ2v) is 11.9. The molecule has 43 heavy (non-hydrogen) atoms. The van der Waals surface area contributed by atoms with Crippen LogP contribution in [-0.4, -0.2) is 83.4 Å². The number of hydrogen-bond acceptors (Lipinski definition) is 12. The molecule has 2 aliphatic rings. The molecule has 0 saturated carbocycles. The van der Waals surface area contributed by atoms with E-state index in [1.807, 2.05) is 0 Å². The Labute approximate surface area is 258 Å². The van der Waals surface area contributed by atoms with Gasteiger partial charge in [0.2, 0.25) is 11.1 Å². The van der Waals surface area contributed by atoms with E-state index in [4.69, 9.17) is 21.4 Å². The van der Waals surface area contributed by atoms with Crippen LogP contribution in [0.2, 0.25) is 0 Å². The smallest absolute Gasteiger partial charge is 0.352 e. The number of carboxylic acids is 1. The Morgan fingerprint density at radius 3 is 2.74 bits per heavy atom. The van der Waals surface area contributed by atoms with Gasteiger partial charge in [-0.3, -0.25) is 19.3 Å². The molecule has 1 fully saturated rings. The number of ether oxygens (including phenoxy) is 1. The summed E-state index contributed by atoms with van der Waals surface area (Å²) < 4.78 is 12.6. The minimum atomic E-state index is -1.24. The third kappa shape index (κ3) is 6.57. The molecular weight excluding hydrogens is 619 g/mol. The Balaban J connectivity index is 1.27. The van der Waals surface area contributed by atoms with Crippen LogP contribution in [-0.2, 0) is 26.2 Å². The summed E-state index contributed by atoms with van der Waals surface area (Å²) in [7, 11) is 1.67. The number of amides is 3. The summed E-state index contributed by atoms with van der Waals surface area (Å²) >= 11 is 7.82. The zero-order chi connectivity index (χ0) is 30.7. The van der Waals surface area contributed by atoms with E-state index >= 15 is 0 Å². The molecule has 3 atom stereocenters.